The highest BCUT2D eigenvalue weighted by Crippen LogP contribution is 2.53. The third kappa shape index (κ3) is 2.23. The van der Waals surface area contributed by atoms with E-state index in [2.05, 4.69) is 0 Å². The fraction of sp³-hybridized carbons (Fsp3) is 1.00. The van der Waals surface area contributed by atoms with Crippen molar-refractivity contribution in [3.63, 3.8) is 0 Å². The molecule has 3 saturated heterocycles. The second-order valence-electron chi connectivity index (χ2n) is 3.86. The minimum Gasteiger partial charge on any atom is -0.352 e. The van der Waals surface area contributed by atoms with Crippen molar-refractivity contribution in [3.05, 3.63) is 0 Å². The molecule has 0 aromatic heterocycles. The smallest absolute Gasteiger partial charge is 0.352 e. The van der Waals surface area contributed by atoms with E-state index in [1.165, 1.54) is 0 Å². The van der Waals surface area contributed by atoms with Gasteiger partial charge in [0.05, 0.1) is 13.2 Å². The Labute approximate surface area is 104 Å². The van der Waals surface area contributed by atoms with Crippen LogP contribution in [0.1, 0.15) is 6.42 Å². The largest absolute Gasteiger partial charge is 0.357 e. The first kappa shape index (κ1) is 13.6. The molecule has 3 fully saturated rings. The van der Waals surface area contributed by atoms with E-state index in [1.54, 1.807) is 0 Å². The van der Waals surface area contributed by atoms with Crippen LogP contribution in [0.2, 0.25) is 0 Å². The van der Waals surface area contributed by atoms with E-state index in [0.29, 0.717) is 0 Å². The topological polar surface area (TPSA) is 27.7 Å². The van der Waals surface area contributed by atoms with Gasteiger partial charge in [-0.05, 0) is 23.2 Å². The normalized spacial score (nSPS) is 33.5. The van der Waals surface area contributed by atoms with Crippen LogP contribution in [0, 0.1) is 0 Å². The van der Waals surface area contributed by atoms with Gasteiger partial charge in [0.25, 0.3) is 0 Å². The Morgan fingerprint density at radius 1 is 1.00 bits per heavy atom. The fourth-order valence-corrected chi connectivity index (χ4v) is 2.33. The molecular weight excluding hydrogens is 291 g/mol. The summed E-state index contributed by atoms with van der Waals surface area (Å²) in [6.07, 6.45) is -3.23. The maximum Gasteiger partial charge on any atom is 0.357 e. The van der Waals surface area contributed by atoms with Gasteiger partial charge >= 0.3 is 10.8 Å². The van der Waals surface area contributed by atoms with Crippen LogP contribution in [0.15, 0.2) is 0 Å². The monoisotopic (exact) mass is 298 g/mol. The van der Waals surface area contributed by atoms with Crippen molar-refractivity contribution in [1.29, 1.82) is 0 Å². The zero-order valence-corrected chi connectivity index (χ0v) is 9.78. The molecular formula is C8H8Cl2F4O3. The number of hydrogen-bond acceptors (Lipinski definition) is 3. The summed E-state index contributed by atoms with van der Waals surface area (Å²) in [6, 6.07) is 0. The van der Waals surface area contributed by atoms with Gasteiger partial charge in [0.15, 0.2) is 6.29 Å². The van der Waals surface area contributed by atoms with Gasteiger partial charge in [0, 0.05) is 6.42 Å². The lowest BCUT2D eigenvalue weighted by Gasteiger charge is -2.38. The Balaban J connectivity index is 2.41. The highest BCUT2D eigenvalue weighted by Gasteiger charge is 2.71. The van der Waals surface area contributed by atoms with Gasteiger partial charge in [-0.2, -0.15) is 17.6 Å². The van der Waals surface area contributed by atoms with Gasteiger partial charge in [0.1, 0.15) is 6.10 Å². The quantitative estimate of drug-likeness (QED) is 0.579. The Hall–Kier alpha value is 0.180. The van der Waals surface area contributed by atoms with Crippen molar-refractivity contribution in [3.8, 4) is 0 Å². The first-order valence-corrected chi connectivity index (χ1v) is 5.46. The van der Waals surface area contributed by atoms with Crippen molar-refractivity contribution in [2.24, 2.45) is 0 Å². The first-order chi connectivity index (χ1) is 7.66. The first-order valence-electron chi connectivity index (χ1n) is 4.70. The van der Waals surface area contributed by atoms with Crippen LogP contribution in [-0.4, -0.2) is 42.0 Å². The van der Waals surface area contributed by atoms with E-state index >= 15 is 0 Å². The van der Waals surface area contributed by atoms with Gasteiger partial charge in [-0.3, -0.25) is 0 Å². The maximum atomic E-state index is 13.3. The number of halogens is 6. The van der Waals surface area contributed by atoms with Crippen LogP contribution in [0.25, 0.3) is 0 Å². The van der Waals surface area contributed by atoms with Crippen LogP contribution < -0.4 is 0 Å². The minimum atomic E-state index is -4.35. The summed E-state index contributed by atoms with van der Waals surface area (Å²) in [5.74, 6) is 0. The van der Waals surface area contributed by atoms with Crippen molar-refractivity contribution < 1.29 is 31.8 Å². The van der Waals surface area contributed by atoms with E-state index in [1.807, 2.05) is 0 Å². The summed E-state index contributed by atoms with van der Waals surface area (Å²) >= 11 is 9.50. The average molecular weight is 299 g/mol. The van der Waals surface area contributed by atoms with Crippen molar-refractivity contribution in [2.45, 2.75) is 35.2 Å². The predicted molar refractivity (Wildman–Crippen MR) is 49.5 cm³/mol. The molecule has 0 aromatic rings. The van der Waals surface area contributed by atoms with Gasteiger partial charge in [-0.25, -0.2) is 0 Å². The van der Waals surface area contributed by atoms with Crippen LogP contribution in [0.4, 0.5) is 17.6 Å². The summed E-state index contributed by atoms with van der Waals surface area (Å²) in [4.78, 5) is 0. The molecule has 3 heterocycles. The van der Waals surface area contributed by atoms with Crippen LogP contribution in [-0.2, 0) is 14.2 Å². The van der Waals surface area contributed by atoms with E-state index in [-0.39, 0.29) is 13.2 Å². The summed E-state index contributed by atoms with van der Waals surface area (Å²) in [6.45, 7) is -0.237. The Kier molecular flexibility index (Phi) is 3.28. The second-order valence-corrected chi connectivity index (χ2v) is 4.81. The van der Waals surface area contributed by atoms with Gasteiger partial charge in [0.2, 0.25) is 5.60 Å². The molecule has 0 aliphatic carbocycles. The molecule has 0 N–H and O–H groups in total. The molecule has 3 rings (SSSR count). The lowest BCUT2D eigenvalue weighted by atomic mass is 9.99. The van der Waals surface area contributed by atoms with Gasteiger partial charge in [-0.15, -0.1) is 0 Å². The SMILES string of the molecule is FC(F)(Cl)C1(C(F)(F)Cl)CC2OCC(CO2)O1. The van der Waals surface area contributed by atoms with Crippen molar-refractivity contribution in [2.75, 3.05) is 13.2 Å². The van der Waals surface area contributed by atoms with Crippen molar-refractivity contribution in [1.82, 2.24) is 0 Å². The molecule has 3 aliphatic rings. The number of alkyl halides is 6. The molecule has 0 radical (unpaired) electrons. The van der Waals surface area contributed by atoms with E-state index in [0.717, 1.165) is 0 Å². The molecule has 17 heavy (non-hydrogen) atoms. The molecule has 0 atom stereocenters. The molecule has 3 aliphatic heterocycles. The van der Waals surface area contributed by atoms with E-state index < -0.39 is 35.2 Å². The summed E-state index contributed by atoms with van der Waals surface area (Å²) in [5, 5.41) is -8.70. The summed E-state index contributed by atoms with van der Waals surface area (Å²) in [7, 11) is 0. The van der Waals surface area contributed by atoms with Crippen molar-refractivity contribution >= 4 is 23.2 Å². The summed E-state index contributed by atoms with van der Waals surface area (Å²) < 4.78 is 67.7. The number of fused-ring (bicyclic) bond motifs is 4. The molecule has 0 amide bonds. The predicted octanol–water partition coefficient (Wildman–Crippen LogP) is 2.55. The number of hydrogen-bond donors (Lipinski definition) is 0. The standard InChI is InChI=1S/C8H8Cl2F4O3/c9-7(11,12)6(8(10,13)14)1-5-15-2-4(17-6)3-16-5/h4-5H,1-3H2. The third-order valence-electron chi connectivity index (χ3n) is 2.67. The highest BCUT2D eigenvalue weighted by atomic mass is 35.5. The lowest BCUT2D eigenvalue weighted by Crippen LogP contribution is -2.59. The molecule has 0 unspecified atom stereocenters. The molecule has 0 spiro atoms. The molecule has 2 bridgehead atoms. The Bertz CT molecular complexity index is 266. The second kappa shape index (κ2) is 4.09. The maximum absolute atomic E-state index is 13.3. The molecule has 100 valence electrons. The van der Waals surface area contributed by atoms with Crippen LogP contribution in [0.3, 0.4) is 0 Å². The lowest BCUT2D eigenvalue weighted by molar-refractivity contribution is -0.256. The third-order valence-corrected chi connectivity index (χ3v) is 3.28. The molecule has 3 nitrogen and oxygen atoms in total. The highest BCUT2D eigenvalue weighted by molar-refractivity contribution is 6.26. The van der Waals surface area contributed by atoms with Gasteiger partial charge in [-0.1, -0.05) is 0 Å². The molecule has 0 saturated carbocycles. The van der Waals surface area contributed by atoms with E-state index in [4.69, 9.17) is 37.4 Å². The molecule has 9 heteroatoms. The van der Waals surface area contributed by atoms with Gasteiger partial charge < -0.3 is 14.2 Å². The Morgan fingerprint density at radius 2 is 1.47 bits per heavy atom. The summed E-state index contributed by atoms with van der Waals surface area (Å²) in [5.41, 5.74) is -3.34. The van der Waals surface area contributed by atoms with Crippen LogP contribution >= 0.6 is 23.2 Å². The van der Waals surface area contributed by atoms with E-state index in [9.17, 15) is 17.6 Å². The fourth-order valence-electron chi connectivity index (χ4n) is 1.80. The number of rotatable bonds is 2. The Morgan fingerprint density at radius 3 is 1.88 bits per heavy atom. The average Bonchev–Trinajstić information content (AvgIpc) is 2.45. The molecule has 0 aromatic carbocycles. The zero-order chi connectivity index (χ0) is 12.9. The number of ether oxygens (including phenoxy) is 3. The van der Waals surface area contributed by atoms with Crippen LogP contribution in [0.5, 0.6) is 0 Å². The minimum absolute atomic E-state index is 0.119. The zero-order valence-electron chi connectivity index (χ0n) is 8.27.